The van der Waals surface area contributed by atoms with Crippen molar-refractivity contribution in [2.24, 2.45) is 0 Å². The molecule has 8 nitrogen and oxygen atoms in total. The molecule has 1 amide bonds. The zero-order chi connectivity index (χ0) is 22.4. The lowest BCUT2D eigenvalue weighted by molar-refractivity contribution is -0.114. The molecule has 0 bridgehead atoms. The monoisotopic (exact) mass is 461 g/mol. The van der Waals surface area contributed by atoms with Crippen molar-refractivity contribution >= 4 is 38.9 Å². The van der Waals surface area contributed by atoms with E-state index in [0.29, 0.717) is 5.75 Å². The molecule has 0 fully saturated rings. The zero-order valence-corrected chi connectivity index (χ0v) is 18.4. The molecule has 0 unspecified atom stereocenters. The van der Waals surface area contributed by atoms with Gasteiger partial charge in [-0.1, -0.05) is 29.8 Å². The van der Waals surface area contributed by atoms with Gasteiger partial charge in [0.15, 0.2) is 5.15 Å². The Morgan fingerprint density at radius 2 is 1.81 bits per heavy atom. The number of carbonyl (C=O) groups excluding carboxylic acids is 1. The smallest absolute Gasteiger partial charge is 0.264 e. The largest absolute Gasteiger partial charge is 0.497 e. The molecule has 0 aliphatic heterocycles. The Bertz CT molecular complexity index is 1170. The second-order valence-corrected chi connectivity index (χ2v) is 8.47. The molecule has 31 heavy (non-hydrogen) atoms. The van der Waals surface area contributed by atoms with Gasteiger partial charge in [0.1, 0.15) is 18.0 Å². The summed E-state index contributed by atoms with van der Waals surface area (Å²) in [4.78, 5) is 16.7. The van der Waals surface area contributed by atoms with Gasteiger partial charge in [0.05, 0.1) is 30.5 Å². The topological polar surface area (TPSA) is 97.8 Å². The summed E-state index contributed by atoms with van der Waals surface area (Å²) in [6, 6.07) is 15.7. The van der Waals surface area contributed by atoms with Gasteiger partial charge in [-0.2, -0.15) is 0 Å². The maximum absolute atomic E-state index is 13.5. The van der Waals surface area contributed by atoms with Crippen LogP contribution in [-0.2, 0) is 14.8 Å². The summed E-state index contributed by atoms with van der Waals surface area (Å²) in [7, 11) is -1.25. The molecule has 1 aromatic heterocycles. The molecule has 0 atom stereocenters. The van der Waals surface area contributed by atoms with Gasteiger partial charge < -0.3 is 14.8 Å². The lowest BCUT2D eigenvalue weighted by Crippen LogP contribution is -2.38. The lowest BCUT2D eigenvalue weighted by atomic mass is 10.2. The Balaban J connectivity index is 2.05. The lowest BCUT2D eigenvalue weighted by Gasteiger charge is -2.26. The first-order valence-electron chi connectivity index (χ1n) is 9.07. The van der Waals surface area contributed by atoms with Crippen LogP contribution < -0.4 is 19.1 Å². The number of sulfonamides is 1. The van der Waals surface area contributed by atoms with Crippen molar-refractivity contribution in [3.05, 3.63) is 72.0 Å². The molecule has 0 aliphatic rings. The third-order valence-electron chi connectivity index (χ3n) is 4.31. The number of carbonyl (C=O) groups is 1. The standard InChI is InChI=1S/C21H20ClN3O5S/c1-29-15-10-11-19(30-2)18(13-15)25(31(27,28)16-7-4-3-5-8-16)14-20(26)24-17-9-6-12-23-21(17)22/h3-13H,14H2,1-2H3,(H,24,26). The van der Waals surface area contributed by atoms with Crippen LogP contribution in [0.25, 0.3) is 0 Å². The molecule has 3 aromatic rings. The number of nitrogens with one attached hydrogen (secondary N) is 1. The summed E-state index contributed by atoms with van der Waals surface area (Å²) in [6.45, 7) is -0.536. The van der Waals surface area contributed by atoms with Crippen molar-refractivity contribution in [3.8, 4) is 11.5 Å². The van der Waals surface area contributed by atoms with Crippen molar-refractivity contribution < 1.29 is 22.7 Å². The van der Waals surface area contributed by atoms with Crippen LogP contribution in [0.4, 0.5) is 11.4 Å². The number of ether oxygens (including phenoxy) is 2. The summed E-state index contributed by atoms with van der Waals surface area (Å²) >= 11 is 6.00. The summed E-state index contributed by atoms with van der Waals surface area (Å²) in [5.41, 5.74) is 0.418. The summed E-state index contributed by atoms with van der Waals surface area (Å²) in [5.74, 6) is 0.0477. The molecule has 0 saturated carbocycles. The van der Waals surface area contributed by atoms with Crippen molar-refractivity contribution in [2.75, 3.05) is 30.4 Å². The Labute approximate surface area is 185 Å². The van der Waals surface area contributed by atoms with E-state index in [2.05, 4.69) is 10.3 Å². The summed E-state index contributed by atoms with van der Waals surface area (Å²) in [6.07, 6.45) is 1.48. The van der Waals surface area contributed by atoms with Crippen LogP contribution in [0.1, 0.15) is 0 Å². The van der Waals surface area contributed by atoms with E-state index in [1.165, 1.54) is 38.6 Å². The molecule has 2 aromatic carbocycles. The van der Waals surface area contributed by atoms with Crippen molar-refractivity contribution in [1.82, 2.24) is 4.98 Å². The molecule has 162 valence electrons. The average Bonchev–Trinajstić information content (AvgIpc) is 2.79. The molecule has 0 spiro atoms. The van der Waals surface area contributed by atoms with Crippen LogP contribution in [0.5, 0.6) is 11.5 Å². The van der Waals surface area contributed by atoms with Gasteiger partial charge in [0.2, 0.25) is 5.91 Å². The van der Waals surface area contributed by atoms with Crippen LogP contribution in [0.2, 0.25) is 5.15 Å². The molecule has 1 N–H and O–H groups in total. The maximum atomic E-state index is 13.5. The number of hydrogen-bond acceptors (Lipinski definition) is 6. The fourth-order valence-electron chi connectivity index (χ4n) is 2.81. The van der Waals surface area contributed by atoms with Gasteiger partial charge in [-0.3, -0.25) is 9.10 Å². The molecule has 0 radical (unpaired) electrons. The average molecular weight is 462 g/mol. The highest BCUT2D eigenvalue weighted by atomic mass is 35.5. The van der Waals surface area contributed by atoms with Gasteiger partial charge >= 0.3 is 0 Å². The van der Waals surface area contributed by atoms with Gasteiger partial charge in [-0.25, -0.2) is 13.4 Å². The number of benzene rings is 2. The van der Waals surface area contributed by atoms with E-state index < -0.39 is 22.5 Å². The van der Waals surface area contributed by atoms with Crippen molar-refractivity contribution in [2.45, 2.75) is 4.90 Å². The first-order chi connectivity index (χ1) is 14.9. The molecule has 0 saturated heterocycles. The number of amides is 1. The highest BCUT2D eigenvalue weighted by molar-refractivity contribution is 7.92. The number of nitrogens with zero attached hydrogens (tertiary/aromatic N) is 2. The van der Waals surface area contributed by atoms with Gasteiger partial charge in [-0.15, -0.1) is 0 Å². The minimum absolute atomic E-state index is 0.0204. The second kappa shape index (κ2) is 9.67. The normalized spacial score (nSPS) is 10.9. The van der Waals surface area contributed by atoms with E-state index in [1.54, 1.807) is 42.5 Å². The fourth-order valence-corrected chi connectivity index (χ4v) is 4.42. The summed E-state index contributed by atoms with van der Waals surface area (Å²) < 4.78 is 38.5. The molecular weight excluding hydrogens is 442 g/mol. The Morgan fingerprint density at radius 3 is 2.45 bits per heavy atom. The van der Waals surface area contributed by atoms with Crippen LogP contribution in [0.3, 0.4) is 0 Å². The highest BCUT2D eigenvalue weighted by Crippen LogP contribution is 2.35. The van der Waals surface area contributed by atoms with E-state index in [1.807, 2.05) is 0 Å². The van der Waals surface area contributed by atoms with Gasteiger partial charge in [-0.05, 0) is 36.4 Å². The first-order valence-corrected chi connectivity index (χ1v) is 10.9. The number of hydrogen-bond donors (Lipinski definition) is 1. The second-order valence-electron chi connectivity index (χ2n) is 6.25. The van der Waals surface area contributed by atoms with Crippen LogP contribution in [0, 0.1) is 0 Å². The maximum Gasteiger partial charge on any atom is 0.264 e. The van der Waals surface area contributed by atoms with Crippen LogP contribution in [-0.4, -0.2) is 40.1 Å². The van der Waals surface area contributed by atoms with E-state index in [9.17, 15) is 13.2 Å². The number of aromatic nitrogens is 1. The number of anilines is 2. The highest BCUT2D eigenvalue weighted by Gasteiger charge is 2.30. The van der Waals surface area contributed by atoms with E-state index in [-0.39, 0.29) is 27.2 Å². The Kier molecular flexibility index (Phi) is 6.98. The third kappa shape index (κ3) is 5.07. The molecule has 10 heteroatoms. The number of pyridine rings is 1. The van der Waals surface area contributed by atoms with Gasteiger partial charge in [0.25, 0.3) is 10.0 Å². The summed E-state index contributed by atoms with van der Waals surface area (Å²) in [5, 5.41) is 2.68. The van der Waals surface area contributed by atoms with E-state index >= 15 is 0 Å². The third-order valence-corrected chi connectivity index (χ3v) is 6.38. The first kappa shape index (κ1) is 22.4. The van der Waals surface area contributed by atoms with E-state index in [0.717, 1.165) is 4.31 Å². The number of rotatable bonds is 8. The predicted octanol–water partition coefficient (Wildman–Crippen LogP) is 3.59. The van der Waals surface area contributed by atoms with Crippen molar-refractivity contribution in [3.63, 3.8) is 0 Å². The minimum Gasteiger partial charge on any atom is -0.497 e. The van der Waals surface area contributed by atoms with Crippen LogP contribution in [0.15, 0.2) is 71.8 Å². The number of methoxy groups -OCH3 is 2. The SMILES string of the molecule is COc1ccc(OC)c(N(CC(=O)Nc2cccnc2Cl)S(=O)(=O)c2ccccc2)c1. The molecular formula is C21H20ClN3O5S. The predicted molar refractivity (Wildman–Crippen MR) is 118 cm³/mol. The van der Waals surface area contributed by atoms with E-state index in [4.69, 9.17) is 21.1 Å². The molecule has 3 rings (SSSR count). The number of halogens is 1. The molecule has 0 aliphatic carbocycles. The zero-order valence-electron chi connectivity index (χ0n) is 16.8. The molecule has 1 heterocycles. The van der Waals surface area contributed by atoms with Gasteiger partial charge in [0, 0.05) is 12.3 Å². The Morgan fingerprint density at radius 1 is 1.06 bits per heavy atom. The Hall–Kier alpha value is -3.30. The van der Waals surface area contributed by atoms with Crippen molar-refractivity contribution in [1.29, 1.82) is 0 Å². The quantitative estimate of drug-likeness (QED) is 0.515. The fraction of sp³-hybridized carbons (Fsp3) is 0.143. The minimum atomic E-state index is -4.12. The van der Waals surface area contributed by atoms with Crippen LogP contribution >= 0.6 is 11.6 Å².